The number of carbonyl (C=O) groups excluding carboxylic acids is 2. The largest absolute Gasteiger partial charge is 0.347 e. The number of carbonyl (C=O) groups is 2. The fraction of sp³-hybridized carbons (Fsp3) is 0.600. The Bertz CT molecular complexity index is 899. The molecule has 1 aromatic rings. The molecule has 1 aromatic carbocycles. The van der Waals surface area contributed by atoms with E-state index in [4.69, 9.17) is 9.47 Å². The van der Waals surface area contributed by atoms with E-state index in [0.717, 1.165) is 11.8 Å². The van der Waals surface area contributed by atoms with E-state index in [1.165, 1.54) is 4.90 Å². The van der Waals surface area contributed by atoms with Crippen molar-refractivity contribution in [2.75, 3.05) is 38.3 Å². The maximum absolute atomic E-state index is 13.4. The molecule has 2 amide bonds. The molecular weight excluding hydrogens is 396 g/mol. The number of hydrogen-bond donors (Lipinski definition) is 0. The first-order valence-corrected chi connectivity index (χ1v) is 12.0. The van der Waals surface area contributed by atoms with Crippen LogP contribution in [0, 0.1) is 0 Å². The maximum atomic E-state index is 13.4. The van der Waals surface area contributed by atoms with Gasteiger partial charge in [-0.3, -0.25) is 9.59 Å². The normalized spacial score (nSPS) is 22.2. The third-order valence-electron chi connectivity index (χ3n) is 5.92. The van der Waals surface area contributed by atoms with Crippen molar-refractivity contribution in [3.63, 3.8) is 0 Å². The van der Waals surface area contributed by atoms with Gasteiger partial charge in [-0.1, -0.05) is 18.2 Å². The van der Waals surface area contributed by atoms with Crippen molar-refractivity contribution in [1.82, 2.24) is 9.80 Å². The lowest BCUT2D eigenvalue weighted by Crippen LogP contribution is -2.54. The zero-order valence-electron chi connectivity index (χ0n) is 16.5. The third kappa shape index (κ3) is 4.17. The molecule has 29 heavy (non-hydrogen) atoms. The van der Waals surface area contributed by atoms with Crippen molar-refractivity contribution in [1.29, 1.82) is 0 Å². The first-order chi connectivity index (χ1) is 13.8. The van der Waals surface area contributed by atoms with Crippen molar-refractivity contribution in [2.45, 2.75) is 37.6 Å². The number of fused-ring (bicyclic) bond motifs is 1. The minimum absolute atomic E-state index is 0.0893. The number of amides is 2. The second-order valence-electron chi connectivity index (χ2n) is 7.96. The van der Waals surface area contributed by atoms with Gasteiger partial charge in [0.2, 0.25) is 5.91 Å². The molecule has 9 heteroatoms. The van der Waals surface area contributed by atoms with Gasteiger partial charge < -0.3 is 19.3 Å². The summed E-state index contributed by atoms with van der Waals surface area (Å²) in [6.07, 6.45) is 2.39. The number of rotatable bonds is 5. The highest BCUT2D eigenvalue weighted by Crippen LogP contribution is 2.33. The molecule has 8 nitrogen and oxygen atoms in total. The van der Waals surface area contributed by atoms with Gasteiger partial charge >= 0.3 is 0 Å². The highest BCUT2D eigenvalue weighted by Gasteiger charge is 2.44. The first kappa shape index (κ1) is 20.3. The van der Waals surface area contributed by atoms with Gasteiger partial charge in [-0.15, -0.1) is 0 Å². The average molecular weight is 423 g/mol. The predicted octanol–water partition coefficient (Wildman–Crippen LogP) is 0.811. The molecule has 0 bridgehead atoms. The van der Waals surface area contributed by atoms with Crippen LogP contribution in [0.4, 0.5) is 0 Å². The number of benzene rings is 1. The summed E-state index contributed by atoms with van der Waals surface area (Å²) in [6, 6.07) is 6.46. The molecule has 0 aromatic heterocycles. The maximum Gasteiger partial charge on any atom is 0.255 e. The zero-order valence-corrected chi connectivity index (χ0v) is 17.3. The predicted molar refractivity (Wildman–Crippen MR) is 105 cm³/mol. The van der Waals surface area contributed by atoms with E-state index in [-0.39, 0.29) is 24.0 Å². The summed E-state index contributed by atoms with van der Waals surface area (Å²) in [6.45, 7) is 2.36. The van der Waals surface area contributed by atoms with Gasteiger partial charge in [0.05, 0.1) is 19.0 Å². The highest BCUT2D eigenvalue weighted by atomic mass is 32.2. The smallest absolute Gasteiger partial charge is 0.255 e. The van der Waals surface area contributed by atoms with Gasteiger partial charge in [0.25, 0.3) is 5.91 Å². The Kier molecular flexibility index (Phi) is 5.39. The van der Waals surface area contributed by atoms with Gasteiger partial charge in [0.1, 0.15) is 15.9 Å². The van der Waals surface area contributed by atoms with E-state index in [1.807, 2.05) is 12.1 Å². The molecule has 3 heterocycles. The summed E-state index contributed by atoms with van der Waals surface area (Å²) >= 11 is 0. The number of ether oxygens (including phenoxy) is 2. The van der Waals surface area contributed by atoms with Crippen LogP contribution in [-0.4, -0.2) is 80.2 Å². The molecule has 1 atom stereocenters. The van der Waals surface area contributed by atoms with E-state index in [1.54, 1.807) is 17.0 Å². The number of sulfone groups is 1. The van der Waals surface area contributed by atoms with Crippen LogP contribution in [0.2, 0.25) is 0 Å². The Labute approximate surface area is 170 Å². The third-order valence-corrected chi connectivity index (χ3v) is 6.90. The Morgan fingerprint density at radius 3 is 2.45 bits per heavy atom. The van der Waals surface area contributed by atoms with E-state index in [9.17, 15) is 18.0 Å². The molecule has 3 aliphatic rings. The lowest BCUT2D eigenvalue weighted by molar-refractivity contribution is -0.188. The van der Waals surface area contributed by atoms with Crippen LogP contribution in [-0.2, 0) is 30.7 Å². The molecule has 3 aliphatic heterocycles. The molecule has 158 valence electrons. The standard InChI is InChI=1S/C20H26N2O6S/c1-29(25,26)13-6-17(22-14-15-4-2-3-5-16(15)18(22)23)19(24)21-9-7-20(8-10-21)27-11-12-28-20/h2-5,17H,6-14H2,1H3/t17-/m1/s1. The van der Waals surface area contributed by atoms with Crippen LogP contribution >= 0.6 is 0 Å². The first-order valence-electron chi connectivity index (χ1n) is 9.91. The Hall–Kier alpha value is -1.97. The minimum atomic E-state index is -3.26. The van der Waals surface area contributed by atoms with Crippen LogP contribution in [0.15, 0.2) is 24.3 Å². The molecule has 0 saturated carbocycles. The summed E-state index contributed by atoms with van der Waals surface area (Å²) < 4.78 is 34.9. The van der Waals surface area contributed by atoms with Gasteiger partial charge in [0, 0.05) is 44.3 Å². The minimum Gasteiger partial charge on any atom is -0.347 e. The second kappa shape index (κ2) is 7.70. The lowest BCUT2D eigenvalue weighted by Gasteiger charge is -2.40. The average Bonchev–Trinajstić information content (AvgIpc) is 3.27. The summed E-state index contributed by atoms with van der Waals surface area (Å²) in [5.74, 6) is -1.17. The van der Waals surface area contributed by atoms with Crippen LogP contribution in [0.5, 0.6) is 0 Å². The Morgan fingerprint density at radius 1 is 1.17 bits per heavy atom. The SMILES string of the molecule is CS(=O)(=O)CC[C@H](C(=O)N1CCC2(CC1)OCCO2)N1Cc2ccccc2C1=O. The van der Waals surface area contributed by atoms with Crippen molar-refractivity contribution < 1.29 is 27.5 Å². The zero-order chi connectivity index (χ0) is 20.6. The van der Waals surface area contributed by atoms with Gasteiger partial charge in [-0.05, 0) is 18.1 Å². The van der Waals surface area contributed by atoms with Crippen molar-refractivity contribution in [3.05, 3.63) is 35.4 Å². The number of likely N-dealkylation sites (tertiary alicyclic amines) is 1. The summed E-state index contributed by atoms with van der Waals surface area (Å²) in [7, 11) is -3.26. The lowest BCUT2D eigenvalue weighted by atomic mass is 10.0. The molecule has 2 fully saturated rings. The van der Waals surface area contributed by atoms with Crippen molar-refractivity contribution in [2.24, 2.45) is 0 Å². The van der Waals surface area contributed by atoms with Gasteiger partial charge in [0.15, 0.2) is 5.79 Å². The van der Waals surface area contributed by atoms with Crippen LogP contribution in [0.25, 0.3) is 0 Å². The van der Waals surface area contributed by atoms with Crippen LogP contribution in [0.3, 0.4) is 0 Å². The Balaban J connectivity index is 1.51. The van der Waals surface area contributed by atoms with Gasteiger partial charge in [-0.25, -0.2) is 8.42 Å². The molecule has 0 radical (unpaired) electrons. The number of hydrogen-bond acceptors (Lipinski definition) is 6. The van der Waals surface area contributed by atoms with Gasteiger partial charge in [-0.2, -0.15) is 0 Å². The van der Waals surface area contributed by atoms with E-state index in [2.05, 4.69) is 0 Å². The topological polar surface area (TPSA) is 93.2 Å². The summed E-state index contributed by atoms with van der Waals surface area (Å²) in [5.41, 5.74) is 1.44. The van der Waals surface area contributed by atoms with Crippen LogP contribution in [0.1, 0.15) is 35.2 Å². The summed E-state index contributed by atoms with van der Waals surface area (Å²) in [5, 5.41) is 0. The molecule has 4 rings (SSSR count). The molecular formula is C20H26N2O6S. The number of nitrogens with zero attached hydrogens (tertiary/aromatic N) is 2. The summed E-state index contributed by atoms with van der Waals surface area (Å²) in [4.78, 5) is 29.5. The van der Waals surface area contributed by atoms with Crippen molar-refractivity contribution in [3.8, 4) is 0 Å². The fourth-order valence-electron chi connectivity index (χ4n) is 4.33. The molecule has 0 unspecified atom stereocenters. The molecule has 1 spiro atoms. The molecule has 0 N–H and O–H groups in total. The van der Waals surface area contributed by atoms with Crippen molar-refractivity contribution >= 4 is 21.7 Å². The Morgan fingerprint density at radius 2 is 1.83 bits per heavy atom. The quantitative estimate of drug-likeness (QED) is 0.697. The molecule has 2 saturated heterocycles. The van der Waals surface area contributed by atoms with E-state index in [0.29, 0.717) is 51.3 Å². The highest BCUT2D eigenvalue weighted by molar-refractivity contribution is 7.90. The monoisotopic (exact) mass is 422 g/mol. The fourth-order valence-corrected chi connectivity index (χ4v) is 4.98. The van der Waals surface area contributed by atoms with E-state index < -0.39 is 21.7 Å². The van der Waals surface area contributed by atoms with E-state index >= 15 is 0 Å². The van der Waals surface area contributed by atoms with Crippen LogP contribution < -0.4 is 0 Å². The molecule has 0 aliphatic carbocycles. The number of piperidine rings is 1. The second-order valence-corrected chi connectivity index (χ2v) is 10.2.